The Bertz CT molecular complexity index is 1090. The summed E-state index contributed by atoms with van der Waals surface area (Å²) in [6.07, 6.45) is 1.72. The second-order valence-electron chi connectivity index (χ2n) is 6.06. The lowest BCUT2D eigenvalue weighted by molar-refractivity contribution is 0.102. The minimum atomic E-state index is -0.332. The number of nitrogens with zero attached hydrogens (tertiary/aromatic N) is 2. The number of anilines is 1. The molecule has 4 rings (SSSR count). The van der Waals surface area contributed by atoms with Gasteiger partial charge in [-0.25, -0.2) is 9.07 Å². The third-order valence-electron chi connectivity index (χ3n) is 4.17. The van der Waals surface area contributed by atoms with Gasteiger partial charge in [0.25, 0.3) is 5.91 Å². The molecular weight excluding hydrogens is 361 g/mol. The highest BCUT2D eigenvalue weighted by Gasteiger charge is 2.20. The number of hydrogen-bond donors (Lipinski definition) is 1. The standard InChI is InChI=1S/C21H16FN3OS/c1-14-12-15(22)9-10-18(14)23-21(26)17-13-25(16-6-3-2-4-7-16)24-20(17)19-8-5-11-27-19/h2-13H,1H3,(H,23,26). The fraction of sp³-hybridized carbons (Fsp3) is 0.0476. The Balaban J connectivity index is 1.74. The van der Waals surface area contributed by atoms with Crippen LogP contribution in [0.15, 0.2) is 72.2 Å². The van der Waals surface area contributed by atoms with Crippen molar-refractivity contribution in [3.05, 3.63) is 89.2 Å². The van der Waals surface area contributed by atoms with Crippen molar-refractivity contribution in [2.75, 3.05) is 5.32 Å². The van der Waals surface area contributed by atoms with E-state index in [9.17, 15) is 9.18 Å². The van der Waals surface area contributed by atoms with Crippen LogP contribution in [0.4, 0.5) is 10.1 Å². The number of hydrogen-bond acceptors (Lipinski definition) is 3. The lowest BCUT2D eigenvalue weighted by atomic mass is 10.1. The van der Waals surface area contributed by atoms with Gasteiger partial charge >= 0.3 is 0 Å². The highest BCUT2D eigenvalue weighted by Crippen LogP contribution is 2.28. The van der Waals surface area contributed by atoms with Crippen LogP contribution in [0.5, 0.6) is 0 Å². The zero-order chi connectivity index (χ0) is 18.8. The number of benzene rings is 2. The van der Waals surface area contributed by atoms with Gasteiger partial charge in [-0.15, -0.1) is 11.3 Å². The molecule has 1 N–H and O–H groups in total. The number of para-hydroxylation sites is 1. The number of carbonyl (C=O) groups excluding carboxylic acids is 1. The zero-order valence-electron chi connectivity index (χ0n) is 14.5. The third-order valence-corrected chi connectivity index (χ3v) is 5.05. The van der Waals surface area contributed by atoms with Crippen LogP contribution in [0.1, 0.15) is 15.9 Å². The molecule has 27 heavy (non-hydrogen) atoms. The Morgan fingerprint density at radius 1 is 1.11 bits per heavy atom. The van der Waals surface area contributed by atoms with E-state index < -0.39 is 0 Å². The fourth-order valence-corrected chi connectivity index (χ4v) is 3.53. The first-order valence-electron chi connectivity index (χ1n) is 8.38. The first-order valence-corrected chi connectivity index (χ1v) is 9.26. The van der Waals surface area contributed by atoms with Crippen molar-refractivity contribution in [3.63, 3.8) is 0 Å². The van der Waals surface area contributed by atoms with Gasteiger partial charge in [-0.05, 0) is 54.3 Å². The number of aryl methyl sites for hydroxylation is 1. The van der Waals surface area contributed by atoms with E-state index >= 15 is 0 Å². The van der Waals surface area contributed by atoms with E-state index in [2.05, 4.69) is 10.4 Å². The summed E-state index contributed by atoms with van der Waals surface area (Å²) in [6.45, 7) is 1.76. The third kappa shape index (κ3) is 3.52. The summed E-state index contributed by atoms with van der Waals surface area (Å²) >= 11 is 1.52. The maximum atomic E-state index is 13.3. The Morgan fingerprint density at radius 3 is 2.63 bits per heavy atom. The molecule has 4 aromatic rings. The number of halogens is 1. The van der Waals surface area contributed by atoms with Crippen molar-refractivity contribution in [2.45, 2.75) is 6.92 Å². The van der Waals surface area contributed by atoms with Crippen molar-refractivity contribution >= 4 is 22.9 Å². The number of carbonyl (C=O) groups is 1. The SMILES string of the molecule is Cc1cc(F)ccc1NC(=O)c1cn(-c2ccccc2)nc1-c1cccs1. The monoisotopic (exact) mass is 377 g/mol. The predicted molar refractivity (Wildman–Crippen MR) is 106 cm³/mol. The summed E-state index contributed by atoms with van der Waals surface area (Å²) < 4.78 is 15.0. The summed E-state index contributed by atoms with van der Waals surface area (Å²) in [7, 11) is 0. The summed E-state index contributed by atoms with van der Waals surface area (Å²) in [6, 6.07) is 17.8. The molecule has 0 saturated carbocycles. The van der Waals surface area contributed by atoms with Crippen LogP contribution in [0.2, 0.25) is 0 Å². The summed E-state index contributed by atoms with van der Waals surface area (Å²) in [5, 5.41) is 9.44. The fourth-order valence-electron chi connectivity index (χ4n) is 2.81. The van der Waals surface area contributed by atoms with E-state index in [1.807, 2.05) is 47.8 Å². The number of rotatable bonds is 4. The smallest absolute Gasteiger partial charge is 0.259 e. The van der Waals surface area contributed by atoms with Gasteiger partial charge in [0.05, 0.1) is 16.1 Å². The van der Waals surface area contributed by atoms with Crippen molar-refractivity contribution in [1.82, 2.24) is 9.78 Å². The van der Waals surface area contributed by atoms with Crippen molar-refractivity contribution < 1.29 is 9.18 Å². The maximum Gasteiger partial charge on any atom is 0.259 e. The van der Waals surface area contributed by atoms with Gasteiger partial charge < -0.3 is 5.32 Å². The minimum absolute atomic E-state index is 0.282. The quantitative estimate of drug-likeness (QED) is 0.524. The number of aromatic nitrogens is 2. The second kappa shape index (κ2) is 7.17. The number of nitrogens with one attached hydrogen (secondary N) is 1. The summed E-state index contributed by atoms with van der Waals surface area (Å²) in [4.78, 5) is 13.9. The molecule has 0 aliphatic carbocycles. The van der Waals surface area contributed by atoms with Gasteiger partial charge in [0.1, 0.15) is 11.5 Å². The predicted octanol–water partition coefficient (Wildman–Crippen LogP) is 5.30. The van der Waals surface area contributed by atoms with Crippen molar-refractivity contribution in [1.29, 1.82) is 0 Å². The molecule has 0 bridgehead atoms. The van der Waals surface area contributed by atoms with E-state index in [0.29, 0.717) is 22.5 Å². The lowest BCUT2D eigenvalue weighted by Crippen LogP contribution is -2.13. The Hall–Kier alpha value is -3.25. The molecule has 134 valence electrons. The highest BCUT2D eigenvalue weighted by molar-refractivity contribution is 7.13. The molecule has 1 amide bonds. The second-order valence-corrected chi connectivity index (χ2v) is 7.01. The first kappa shape index (κ1) is 17.2. The average Bonchev–Trinajstić information content (AvgIpc) is 3.34. The molecule has 0 spiro atoms. The van der Waals surface area contributed by atoms with E-state index in [1.54, 1.807) is 23.9 Å². The normalized spacial score (nSPS) is 10.7. The van der Waals surface area contributed by atoms with Gasteiger partial charge in [-0.3, -0.25) is 4.79 Å². The van der Waals surface area contributed by atoms with Crippen LogP contribution in [0.3, 0.4) is 0 Å². The first-order chi connectivity index (χ1) is 13.1. The Labute approximate surface area is 159 Å². The summed E-state index contributed by atoms with van der Waals surface area (Å²) in [5.74, 6) is -0.614. The van der Waals surface area contributed by atoms with E-state index in [4.69, 9.17) is 0 Å². The van der Waals surface area contributed by atoms with E-state index in [1.165, 1.54) is 23.5 Å². The Morgan fingerprint density at radius 2 is 1.93 bits per heavy atom. The van der Waals surface area contributed by atoms with Crippen LogP contribution in [0.25, 0.3) is 16.3 Å². The highest BCUT2D eigenvalue weighted by atomic mass is 32.1. The topological polar surface area (TPSA) is 46.9 Å². The lowest BCUT2D eigenvalue weighted by Gasteiger charge is -2.08. The van der Waals surface area contributed by atoms with Crippen LogP contribution in [0, 0.1) is 12.7 Å². The molecule has 0 aliphatic rings. The molecule has 0 fully saturated rings. The molecule has 0 saturated heterocycles. The summed E-state index contributed by atoms with van der Waals surface area (Å²) in [5.41, 5.74) is 3.19. The van der Waals surface area contributed by atoms with E-state index in [0.717, 1.165) is 10.6 Å². The van der Waals surface area contributed by atoms with Crippen molar-refractivity contribution in [3.8, 4) is 16.3 Å². The van der Waals surface area contributed by atoms with Gasteiger partial charge in [0.2, 0.25) is 0 Å². The van der Waals surface area contributed by atoms with Crippen LogP contribution < -0.4 is 5.32 Å². The van der Waals surface area contributed by atoms with Crippen LogP contribution in [-0.4, -0.2) is 15.7 Å². The average molecular weight is 377 g/mol. The van der Waals surface area contributed by atoms with E-state index in [-0.39, 0.29) is 11.7 Å². The number of thiophene rings is 1. The van der Waals surface area contributed by atoms with Gasteiger partial charge in [-0.1, -0.05) is 24.3 Å². The molecular formula is C21H16FN3OS. The van der Waals surface area contributed by atoms with Gasteiger partial charge in [0.15, 0.2) is 0 Å². The molecule has 4 nitrogen and oxygen atoms in total. The van der Waals surface area contributed by atoms with Gasteiger partial charge in [-0.2, -0.15) is 5.10 Å². The van der Waals surface area contributed by atoms with Crippen LogP contribution >= 0.6 is 11.3 Å². The zero-order valence-corrected chi connectivity index (χ0v) is 15.3. The molecule has 2 heterocycles. The molecule has 0 aliphatic heterocycles. The molecule has 2 aromatic carbocycles. The van der Waals surface area contributed by atoms with Crippen molar-refractivity contribution in [2.24, 2.45) is 0 Å². The molecule has 0 radical (unpaired) electrons. The van der Waals surface area contributed by atoms with Gasteiger partial charge in [0, 0.05) is 11.9 Å². The van der Waals surface area contributed by atoms with Crippen LogP contribution in [-0.2, 0) is 0 Å². The maximum absolute atomic E-state index is 13.3. The molecule has 0 atom stereocenters. The molecule has 0 unspecified atom stereocenters. The Kier molecular flexibility index (Phi) is 4.56. The number of amides is 1. The molecule has 2 aromatic heterocycles. The largest absolute Gasteiger partial charge is 0.322 e. The molecule has 6 heteroatoms. The minimum Gasteiger partial charge on any atom is -0.322 e.